The Morgan fingerprint density at radius 1 is 1.57 bits per heavy atom. The fourth-order valence-corrected chi connectivity index (χ4v) is 3.65. The van der Waals surface area contributed by atoms with Gasteiger partial charge in [-0.1, -0.05) is 6.42 Å². The molecule has 0 saturated heterocycles. The van der Waals surface area contributed by atoms with Crippen LogP contribution in [0.2, 0.25) is 0 Å². The molecule has 1 saturated carbocycles. The van der Waals surface area contributed by atoms with E-state index in [-0.39, 0.29) is 11.5 Å². The van der Waals surface area contributed by atoms with Crippen LogP contribution in [0.25, 0.3) is 0 Å². The molecule has 1 atom stereocenters. The fraction of sp³-hybridized carbons (Fsp3) is 0.600. The van der Waals surface area contributed by atoms with E-state index in [1.165, 1.54) is 24.1 Å². The summed E-state index contributed by atoms with van der Waals surface area (Å²) in [5, 5.41) is 2.08. The van der Waals surface area contributed by atoms with Crippen LogP contribution in [0.3, 0.4) is 0 Å². The largest absolute Gasteiger partial charge is 0.330 e. The predicted molar refractivity (Wildman–Crippen MR) is 64.3 cm³/mol. The van der Waals surface area contributed by atoms with Crippen molar-refractivity contribution in [2.24, 2.45) is 16.9 Å². The van der Waals surface area contributed by atoms with Crippen molar-refractivity contribution < 1.29 is 0 Å². The Hall–Kier alpha value is 0.1000. The van der Waals surface area contributed by atoms with Crippen molar-refractivity contribution >= 4 is 27.3 Å². The van der Waals surface area contributed by atoms with Crippen LogP contribution in [0.1, 0.15) is 30.2 Å². The van der Waals surface area contributed by atoms with Gasteiger partial charge in [0.15, 0.2) is 0 Å². The normalized spacial score (nSPS) is 21.6. The first-order chi connectivity index (χ1) is 6.68. The molecule has 0 radical (unpaired) electrons. The second-order valence-electron chi connectivity index (χ2n) is 4.07. The number of rotatable bonds is 3. The van der Waals surface area contributed by atoms with Crippen LogP contribution in [0, 0.1) is 5.41 Å². The third-order valence-electron chi connectivity index (χ3n) is 3.31. The van der Waals surface area contributed by atoms with E-state index in [2.05, 4.69) is 27.4 Å². The highest BCUT2D eigenvalue weighted by Gasteiger charge is 2.42. The maximum Gasteiger partial charge on any atom is 0.0459 e. The van der Waals surface area contributed by atoms with Crippen molar-refractivity contribution in [2.75, 3.05) is 6.54 Å². The molecule has 1 aromatic rings. The van der Waals surface area contributed by atoms with Gasteiger partial charge in [0.25, 0.3) is 0 Å². The SMILES string of the molecule is NCC1(C(N)c2cc(Br)cs2)CCC1. The Balaban J connectivity index is 2.18. The van der Waals surface area contributed by atoms with Gasteiger partial charge in [0.1, 0.15) is 0 Å². The molecule has 0 aromatic carbocycles. The molecular formula is C10H15BrN2S. The molecule has 4 N–H and O–H groups in total. The first-order valence-electron chi connectivity index (χ1n) is 4.87. The Morgan fingerprint density at radius 3 is 2.64 bits per heavy atom. The molecule has 1 unspecified atom stereocenters. The lowest BCUT2D eigenvalue weighted by Gasteiger charge is -2.45. The lowest BCUT2D eigenvalue weighted by atomic mass is 9.64. The maximum atomic E-state index is 6.27. The minimum Gasteiger partial charge on any atom is -0.330 e. The molecule has 2 nitrogen and oxygen atoms in total. The second kappa shape index (κ2) is 3.93. The third-order valence-corrected chi connectivity index (χ3v) is 5.09. The monoisotopic (exact) mass is 274 g/mol. The van der Waals surface area contributed by atoms with Crippen molar-refractivity contribution in [2.45, 2.75) is 25.3 Å². The van der Waals surface area contributed by atoms with E-state index in [0.29, 0.717) is 6.54 Å². The minimum absolute atomic E-state index is 0.123. The van der Waals surface area contributed by atoms with Crippen molar-refractivity contribution in [1.29, 1.82) is 0 Å². The summed E-state index contributed by atoms with van der Waals surface area (Å²) >= 11 is 5.17. The molecule has 0 amide bonds. The van der Waals surface area contributed by atoms with Gasteiger partial charge in [-0.3, -0.25) is 0 Å². The molecular weight excluding hydrogens is 260 g/mol. The molecule has 78 valence electrons. The number of thiophene rings is 1. The molecule has 1 fully saturated rings. The highest BCUT2D eigenvalue weighted by molar-refractivity contribution is 9.10. The van der Waals surface area contributed by atoms with Gasteiger partial charge in [0, 0.05) is 26.2 Å². The topological polar surface area (TPSA) is 52.0 Å². The quantitative estimate of drug-likeness (QED) is 0.891. The first-order valence-corrected chi connectivity index (χ1v) is 6.55. The lowest BCUT2D eigenvalue weighted by Crippen LogP contribution is -2.45. The molecule has 0 spiro atoms. The third kappa shape index (κ3) is 1.65. The predicted octanol–water partition coefficient (Wildman–Crippen LogP) is 2.64. The average Bonchev–Trinajstić information content (AvgIpc) is 2.50. The van der Waals surface area contributed by atoms with Crippen LogP contribution in [0.4, 0.5) is 0 Å². The van der Waals surface area contributed by atoms with Crippen molar-refractivity contribution in [3.63, 3.8) is 0 Å². The van der Waals surface area contributed by atoms with Gasteiger partial charge in [-0.2, -0.15) is 0 Å². The van der Waals surface area contributed by atoms with E-state index < -0.39 is 0 Å². The Bertz CT molecular complexity index is 314. The van der Waals surface area contributed by atoms with Crippen LogP contribution in [0.15, 0.2) is 15.9 Å². The minimum atomic E-state index is 0.123. The van der Waals surface area contributed by atoms with Gasteiger partial charge in [0.2, 0.25) is 0 Å². The van der Waals surface area contributed by atoms with E-state index in [4.69, 9.17) is 11.5 Å². The van der Waals surface area contributed by atoms with Crippen LogP contribution < -0.4 is 11.5 Å². The van der Waals surface area contributed by atoms with Gasteiger partial charge in [0.05, 0.1) is 0 Å². The first kappa shape index (κ1) is 10.6. The average molecular weight is 275 g/mol. The molecule has 4 heteroatoms. The van der Waals surface area contributed by atoms with Crippen LogP contribution >= 0.6 is 27.3 Å². The van der Waals surface area contributed by atoms with Crippen LogP contribution in [-0.2, 0) is 0 Å². The number of hydrogen-bond acceptors (Lipinski definition) is 3. The zero-order valence-corrected chi connectivity index (χ0v) is 10.4. The van der Waals surface area contributed by atoms with E-state index in [0.717, 1.165) is 4.47 Å². The van der Waals surface area contributed by atoms with Crippen LogP contribution in [0.5, 0.6) is 0 Å². The Labute approximate surface area is 96.8 Å². The summed E-state index contributed by atoms with van der Waals surface area (Å²) in [5.74, 6) is 0. The maximum absolute atomic E-state index is 6.27. The van der Waals surface area contributed by atoms with Crippen molar-refractivity contribution in [3.05, 3.63) is 20.8 Å². The Morgan fingerprint density at radius 2 is 2.29 bits per heavy atom. The standard InChI is InChI=1S/C10H15BrN2S/c11-7-4-8(14-5-7)9(13)10(6-12)2-1-3-10/h4-5,9H,1-3,6,12-13H2. The highest BCUT2D eigenvalue weighted by atomic mass is 79.9. The fourth-order valence-electron chi connectivity index (χ4n) is 2.07. The molecule has 1 aromatic heterocycles. The highest BCUT2D eigenvalue weighted by Crippen LogP contribution is 2.49. The molecule has 1 aliphatic rings. The van der Waals surface area contributed by atoms with Gasteiger partial charge < -0.3 is 11.5 Å². The van der Waals surface area contributed by atoms with Gasteiger partial charge in [-0.05, 0) is 41.4 Å². The van der Waals surface area contributed by atoms with Crippen molar-refractivity contribution in [1.82, 2.24) is 0 Å². The summed E-state index contributed by atoms with van der Waals surface area (Å²) in [6.07, 6.45) is 3.64. The van der Waals surface area contributed by atoms with Gasteiger partial charge in [-0.25, -0.2) is 0 Å². The second-order valence-corrected chi connectivity index (χ2v) is 5.92. The Kier molecular flexibility index (Phi) is 2.98. The number of nitrogens with two attached hydrogens (primary N) is 2. The molecule has 2 rings (SSSR count). The molecule has 0 aliphatic heterocycles. The smallest absolute Gasteiger partial charge is 0.0459 e. The zero-order valence-electron chi connectivity index (χ0n) is 8.00. The van der Waals surface area contributed by atoms with Crippen molar-refractivity contribution in [3.8, 4) is 0 Å². The van der Waals surface area contributed by atoms with E-state index in [9.17, 15) is 0 Å². The van der Waals surface area contributed by atoms with Crippen LogP contribution in [-0.4, -0.2) is 6.54 Å². The molecule has 1 heterocycles. The summed E-state index contributed by atoms with van der Waals surface area (Å²) in [6.45, 7) is 0.712. The molecule has 1 aliphatic carbocycles. The zero-order chi connectivity index (χ0) is 10.2. The molecule has 0 bridgehead atoms. The van der Waals surface area contributed by atoms with E-state index in [1.54, 1.807) is 11.3 Å². The van der Waals surface area contributed by atoms with E-state index in [1.807, 2.05) is 0 Å². The lowest BCUT2D eigenvalue weighted by molar-refractivity contribution is 0.106. The summed E-state index contributed by atoms with van der Waals surface area (Å²) in [6, 6.07) is 2.24. The van der Waals surface area contributed by atoms with Gasteiger partial charge >= 0.3 is 0 Å². The van der Waals surface area contributed by atoms with Gasteiger partial charge in [-0.15, -0.1) is 11.3 Å². The summed E-state index contributed by atoms with van der Waals surface area (Å²) in [4.78, 5) is 1.25. The number of hydrogen-bond donors (Lipinski definition) is 2. The summed E-state index contributed by atoms with van der Waals surface area (Å²) in [7, 11) is 0. The molecule has 14 heavy (non-hydrogen) atoms. The number of halogens is 1. The summed E-state index contributed by atoms with van der Waals surface area (Å²) in [5.41, 5.74) is 12.3. The van der Waals surface area contributed by atoms with E-state index >= 15 is 0 Å². The summed E-state index contributed by atoms with van der Waals surface area (Å²) < 4.78 is 1.12.